The molecule has 0 spiro atoms. The summed E-state index contributed by atoms with van der Waals surface area (Å²) >= 11 is 0. The Bertz CT molecular complexity index is 1720. The maximum atomic E-state index is 5.31. The van der Waals surface area contributed by atoms with Crippen molar-refractivity contribution in [3.05, 3.63) is 66.7 Å². The first kappa shape index (κ1) is 56.7. The summed E-state index contributed by atoms with van der Waals surface area (Å²) in [4.78, 5) is 15.7. The second-order valence-corrected chi connectivity index (χ2v) is 18.2. The molecule has 0 N–H and O–H groups in total. The Balaban J connectivity index is 0.00000455. The number of aromatic nitrogens is 5. The standard InChI is InChI=1S/C55H85N5.2ClH.Co/c1-3-5-7-9-11-13-15-17-19-21-23-25-27-29-31-37-46-59-52-44-35-33-40-48(52)57-54(59)50-42-39-43-51(56-50)55-58-49-41-34-36-45-53(49)60(55)47-38-32-30-28-26-24-22-20-18-16-14-12-10-8-6-4-2;;;/h33-36,39-45H,3-32,37-38,46-47H2,1-2H3;2*1H;/q;;;+2/p-2. The van der Waals surface area contributed by atoms with E-state index < -0.39 is 0 Å². The van der Waals surface area contributed by atoms with Gasteiger partial charge in [0.25, 0.3) is 0 Å². The zero-order chi connectivity index (χ0) is 41.7. The first-order valence-electron chi connectivity index (χ1n) is 25.7. The molecule has 0 aliphatic heterocycles. The molecule has 5 aromatic rings. The number of unbranched alkanes of at least 4 members (excludes halogenated alkanes) is 30. The van der Waals surface area contributed by atoms with Gasteiger partial charge >= 0.3 is 16.8 Å². The van der Waals surface area contributed by atoms with Gasteiger partial charge in [0.1, 0.15) is 11.4 Å². The van der Waals surface area contributed by atoms with Crippen LogP contribution in [0.3, 0.4) is 0 Å². The molecule has 0 atom stereocenters. The normalized spacial score (nSPS) is 11.2. The molecule has 353 valence electrons. The van der Waals surface area contributed by atoms with Crippen molar-refractivity contribution in [2.24, 2.45) is 0 Å². The van der Waals surface area contributed by atoms with Crippen molar-refractivity contribution in [2.45, 2.75) is 232 Å². The Morgan fingerprint density at radius 2 is 0.587 bits per heavy atom. The average molecular weight is 946 g/mol. The van der Waals surface area contributed by atoms with Gasteiger partial charge in [-0.1, -0.05) is 237 Å². The minimum atomic E-state index is 0. The maximum absolute atomic E-state index is 5.31. The predicted octanol–water partition coefficient (Wildman–Crippen LogP) is 11.6. The van der Waals surface area contributed by atoms with E-state index in [0.717, 1.165) is 47.2 Å². The number of halogens is 2. The fourth-order valence-corrected chi connectivity index (χ4v) is 9.31. The van der Waals surface area contributed by atoms with Crippen LogP contribution < -0.4 is 24.8 Å². The van der Waals surface area contributed by atoms with Crippen molar-refractivity contribution < 1.29 is 41.6 Å². The largest absolute Gasteiger partial charge is 2.00 e. The molecular formula is C55H85Cl2CoN5. The predicted molar refractivity (Wildman–Crippen MR) is 261 cm³/mol. The van der Waals surface area contributed by atoms with Crippen molar-refractivity contribution in [3.8, 4) is 23.0 Å². The minimum Gasteiger partial charge on any atom is -1.00 e. The fraction of sp³-hybridized carbons (Fsp3) is 0.655. The Morgan fingerprint density at radius 1 is 0.317 bits per heavy atom. The van der Waals surface area contributed by atoms with Gasteiger partial charge < -0.3 is 33.9 Å². The molecule has 5 rings (SSSR count). The molecule has 3 aromatic heterocycles. The number of benzene rings is 2. The number of rotatable bonds is 36. The molecular weight excluding hydrogens is 860 g/mol. The Morgan fingerprint density at radius 3 is 0.889 bits per heavy atom. The number of pyridine rings is 1. The summed E-state index contributed by atoms with van der Waals surface area (Å²) in [5.41, 5.74) is 6.37. The number of hydrogen-bond donors (Lipinski definition) is 0. The van der Waals surface area contributed by atoms with Crippen LogP contribution in [0.4, 0.5) is 0 Å². The Hall–Kier alpha value is -2.38. The third-order valence-electron chi connectivity index (χ3n) is 13.0. The topological polar surface area (TPSA) is 48.5 Å². The summed E-state index contributed by atoms with van der Waals surface area (Å²) in [5, 5.41) is 0. The second kappa shape index (κ2) is 35.8. The molecule has 63 heavy (non-hydrogen) atoms. The van der Waals surface area contributed by atoms with E-state index in [4.69, 9.17) is 15.0 Å². The van der Waals surface area contributed by atoms with Crippen molar-refractivity contribution in [1.82, 2.24) is 24.1 Å². The molecule has 0 amide bonds. The van der Waals surface area contributed by atoms with E-state index >= 15 is 0 Å². The first-order chi connectivity index (χ1) is 29.8. The minimum absolute atomic E-state index is 0. The van der Waals surface area contributed by atoms with Gasteiger partial charge in [-0.05, 0) is 49.2 Å². The third-order valence-corrected chi connectivity index (χ3v) is 13.0. The number of aryl methyl sites for hydroxylation is 2. The van der Waals surface area contributed by atoms with E-state index in [2.05, 4.69) is 89.7 Å². The molecule has 0 saturated heterocycles. The molecule has 5 nitrogen and oxygen atoms in total. The molecule has 2 aromatic carbocycles. The monoisotopic (exact) mass is 945 g/mol. The van der Waals surface area contributed by atoms with E-state index in [9.17, 15) is 0 Å². The van der Waals surface area contributed by atoms with Crippen LogP contribution in [-0.4, -0.2) is 24.1 Å². The van der Waals surface area contributed by atoms with Crippen molar-refractivity contribution in [1.29, 1.82) is 0 Å². The smallest absolute Gasteiger partial charge is 1.00 e. The van der Waals surface area contributed by atoms with E-state index in [0.29, 0.717) is 0 Å². The molecule has 0 fully saturated rings. The summed E-state index contributed by atoms with van der Waals surface area (Å²) in [7, 11) is 0. The van der Waals surface area contributed by atoms with Crippen LogP contribution in [0.1, 0.15) is 219 Å². The molecule has 0 aliphatic carbocycles. The maximum Gasteiger partial charge on any atom is 2.00 e. The molecule has 0 aliphatic rings. The summed E-state index contributed by atoms with van der Waals surface area (Å²) in [5.74, 6) is 1.94. The summed E-state index contributed by atoms with van der Waals surface area (Å²) in [6, 6.07) is 23.6. The second-order valence-electron chi connectivity index (χ2n) is 18.2. The van der Waals surface area contributed by atoms with Gasteiger partial charge in [0, 0.05) is 13.1 Å². The van der Waals surface area contributed by atoms with Gasteiger partial charge in [0.2, 0.25) is 0 Å². The van der Waals surface area contributed by atoms with Crippen LogP contribution in [0.15, 0.2) is 66.7 Å². The first-order valence-corrected chi connectivity index (χ1v) is 25.7. The zero-order valence-corrected chi connectivity index (χ0v) is 42.3. The molecule has 1 radical (unpaired) electrons. The van der Waals surface area contributed by atoms with Gasteiger partial charge in [-0.25, -0.2) is 15.0 Å². The van der Waals surface area contributed by atoms with Gasteiger partial charge in [0.15, 0.2) is 11.6 Å². The number of fused-ring (bicyclic) bond motifs is 2. The van der Waals surface area contributed by atoms with Crippen LogP contribution in [0.2, 0.25) is 0 Å². The Labute approximate surface area is 407 Å². The molecule has 0 saturated carbocycles. The van der Waals surface area contributed by atoms with E-state index in [1.165, 1.54) is 216 Å². The summed E-state index contributed by atoms with van der Waals surface area (Å²) in [6.07, 6.45) is 44.3. The van der Waals surface area contributed by atoms with E-state index in [1.54, 1.807) is 0 Å². The van der Waals surface area contributed by atoms with Crippen molar-refractivity contribution >= 4 is 22.1 Å². The molecule has 3 heterocycles. The van der Waals surface area contributed by atoms with Crippen LogP contribution in [0, 0.1) is 0 Å². The molecule has 0 bridgehead atoms. The van der Waals surface area contributed by atoms with Gasteiger partial charge in [-0.2, -0.15) is 0 Å². The van der Waals surface area contributed by atoms with Crippen LogP contribution in [-0.2, 0) is 29.9 Å². The number of hydrogen-bond acceptors (Lipinski definition) is 3. The van der Waals surface area contributed by atoms with Crippen molar-refractivity contribution in [3.63, 3.8) is 0 Å². The summed E-state index contributed by atoms with van der Waals surface area (Å²) in [6.45, 7) is 6.55. The Kier molecular flexibility index (Phi) is 32.3. The van der Waals surface area contributed by atoms with Crippen LogP contribution in [0.25, 0.3) is 45.1 Å². The average Bonchev–Trinajstić information content (AvgIpc) is 3.84. The van der Waals surface area contributed by atoms with Gasteiger partial charge in [-0.15, -0.1) is 0 Å². The number of nitrogens with zero attached hydrogens (tertiary/aromatic N) is 5. The SMILES string of the molecule is CCCCCCCCCCCCCCCCCCn1c(-c2cccc(-c3nc4ccccc4n3CCCCCCCCCCCCCCCCCC)n2)nc2ccccc21.[Cl-].[Cl-].[Co+2]. The van der Waals surface area contributed by atoms with E-state index in [-0.39, 0.29) is 41.6 Å². The van der Waals surface area contributed by atoms with Gasteiger partial charge in [0.05, 0.1) is 22.1 Å². The van der Waals surface area contributed by atoms with Gasteiger partial charge in [-0.3, -0.25) is 0 Å². The van der Waals surface area contributed by atoms with E-state index in [1.807, 2.05) is 0 Å². The van der Waals surface area contributed by atoms with Crippen molar-refractivity contribution in [2.75, 3.05) is 0 Å². The quantitative estimate of drug-likeness (QED) is 0.0376. The third kappa shape index (κ3) is 20.8. The summed E-state index contributed by atoms with van der Waals surface area (Å²) < 4.78 is 4.84. The number of imidazole rings is 2. The zero-order valence-electron chi connectivity index (χ0n) is 39.7. The fourth-order valence-electron chi connectivity index (χ4n) is 9.31. The number of para-hydroxylation sites is 4. The molecule has 0 unspecified atom stereocenters. The molecule has 8 heteroatoms. The van der Waals surface area contributed by atoms with Crippen LogP contribution in [0.5, 0.6) is 0 Å². The van der Waals surface area contributed by atoms with Crippen LogP contribution >= 0.6 is 0 Å².